The highest BCUT2D eigenvalue weighted by Crippen LogP contribution is 2.30. The molecule has 3 heterocycles. The van der Waals surface area contributed by atoms with E-state index in [2.05, 4.69) is 131 Å². The summed E-state index contributed by atoms with van der Waals surface area (Å²) < 4.78 is 5.32. The van der Waals surface area contributed by atoms with Crippen LogP contribution < -0.4 is 48.3 Å². The molecule has 3 aromatic rings. The van der Waals surface area contributed by atoms with E-state index in [4.69, 9.17) is 5.73 Å². The lowest BCUT2D eigenvalue weighted by molar-refractivity contribution is -0.123. The number of aromatic hydroxyl groups is 1. The van der Waals surface area contributed by atoms with Crippen LogP contribution in [0.1, 0.15) is 365 Å². The van der Waals surface area contributed by atoms with E-state index in [0.29, 0.717) is 72.7 Å². The maximum Gasteiger partial charge on any atom is 0.287 e. The average Bonchev–Trinajstić information content (AvgIpc) is 1.69. The van der Waals surface area contributed by atoms with Gasteiger partial charge in [-0.2, -0.15) is 0 Å². The minimum absolute atomic E-state index is 0.000556. The van der Waals surface area contributed by atoms with Crippen molar-refractivity contribution in [3.63, 3.8) is 0 Å². The molecule has 0 saturated carbocycles. The van der Waals surface area contributed by atoms with Crippen LogP contribution in [0.5, 0.6) is 5.75 Å². The van der Waals surface area contributed by atoms with Crippen molar-refractivity contribution in [2.45, 2.75) is 371 Å². The fraction of sp³-hybridized carbons (Fsp3) is 0.771. The molecule has 3 rings (SSSR count). The quantitative estimate of drug-likeness (QED) is 0.0262. The summed E-state index contributed by atoms with van der Waals surface area (Å²) in [6.45, 7) is 65.0. The van der Waals surface area contributed by atoms with E-state index < -0.39 is 0 Å². The number of unbranched alkanes of at least 4 members (excludes halogenated alkanes) is 1. The van der Waals surface area contributed by atoms with Gasteiger partial charge >= 0.3 is 0 Å². The van der Waals surface area contributed by atoms with E-state index in [-0.39, 0.29) is 113 Å². The number of imidazole rings is 1. The first-order chi connectivity index (χ1) is 48.2. The van der Waals surface area contributed by atoms with Crippen molar-refractivity contribution in [1.29, 1.82) is 0 Å². The monoisotopic (exact) mass is 1480 g/mol. The van der Waals surface area contributed by atoms with Crippen LogP contribution >= 0.6 is 0 Å². The maximum absolute atomic E-state index is 11.8. The van der Waals surface area contributed by atoms with E-state index in [9.17, 15) is 43.5 Å². The first-order valence-corrected chi connectivity index (χ1v) is 39.4. The summed E-state index contributed by atoms with van der Waals surface area (Å²) in [6.07, 6.45) is 16.7. The third-order valence-electron chi connectivity index (χ3n) is 14.7. The van der Waals surface area contributed by atoms with Gasteiger partial charge in [-0.15, -0.1) is 0 Å². The Balaban J connectivity index is -0.000000364. The molecule has 0 aliphatic heterocycles. The number of carbonyl (C=O) groups is 8. The number of amides is 8. The lowest BCUT2D eigenvalue weighted by atomic mass is 10.0. The fourth-order valence-corrected chi connectivity index (χ4v) is 9.33. The van der Waals surface area contributed by atoms with Gasteiger partial charge in [0.15, 0.2) is 5.82 Å². The molecule has 0 aliphatic rings. The lowest BCUT2D eigenvalue weighted by Gasteiger charge is -2.15. The van der Waals surface area contributed by atoms with E-state index >= 15 is 0 Å². The maximum atomic E-state index is 11.8. The summed E-state index contributed by atoms with van der Waals surface area (Å²) in [5, 5.41) is 32.7. The smallest absolute Gasteiger partial charge is 0.287 e. The van der Waals surface area contributed by atoms with E-state index in [1.54, 1.807) is 22.4 Å². The molecule has 0 fully saturated rings. The Morgan fingerprint density at radius 2 is 0.771 bits per heavy atom. The van der Waals surface area contributed by atoms with Gasteiger partial charge in [0.05, 0.1) is 11.7 Å². The predicted molar refractivity (Wildman–Crippen MR) is 440 cm³/mol. The number of aromatic nitrogens is 4. The van der Waals surface area contributed by atoms with Gasteiger partial charge < -0.3 is 67.1 Å². The zero-order valence-corrected chi connectivity index (χ0v) is 73.2. The van der Waals surface area contributed by atoms with Gasteiger partial charge in [0.1, 0.15) is 17.1 Å². The van der Waals surface area contributed by atoms with Gasteiger partial charge in [-0.25, -0.2) is 4.98 Å². The molecule has 0 saturated heterocycles. The molecule has 105 heavy (non-hydrogen) atoms. The van der Waals surface area contributed by atoms with Gasteiger partial charge in [0.25, 0.3) is 17.7 Å². The fourth-order valence-electron chi connectivity index (χ4n) is 9.33. The van der Waals surface area contributed by atoms with Crippen LogP contribution in [0.15, 0.2) is 24.7 Å². The Bertz CT molecular complexity index is 2750. The lowest BCUT2D eigenvalue weighted by Crippen LogP contribution is -2.43. The van der Waals surface area contributed by atoms with Crippen LogP contribution in [0.25, 0.3) is 0 Å². The molecule has 0 aliphatic carbocycles. The third kappa shape index (κ3) is 61.1. The second kappa shape index (κ2) is 59.3. The summed E-state index contributed by atoms with van der Waals surface area (Å²) >= 11 is 0. The summed E-state index contributed by atoms with van der Waals surface area (Å²) in [5.41, 5.74) is 9.71. The van der Waals surface area contributed by atoms with E-state index in [0.717, 1.165) is 61.4 Å². The number of hydrogen-bond acceptors (Lipinski definition) is 11. The summed E-state index contributed by atoms with van der Waals surface area (Å²) in [5.74, 6) is 5.05. The minimum atomic E-state index is -0.343. The number of rotatable bonds is 32. The largest absolute Gasteiger partial charge is 0.505 e. The van der Waals surface area contributed by atoms with Crippen LogP contribution in [0.3, 0.4) is 0 Å². The van der Waals surface area contributed by atoms with Crippen molar-refractivity contribution in [3.8, 4) is 5.75 Å². The Labute approximate surface area is 640 Å². The summed E-state index contributed by atoms with van der Waals surface area (Å²) in [7, 11) is 5.51. The Hall–Kier alpha value is -6.71. The van der Waals surface area contributed by atoms with Crippen LogP contribution in [0, 0.1) is 29.6 Å². The zero-order chi connectivity index (χ0) is 82.9. The van der Waals surface area contributed by atoms with Gasteiger partial charge in [0.2, 0.25) is 29.5 Å². The molecule has 22 nitrogen and oxygen atoms in total. The first-order valence-electron chi connectivity index (χ1n) is 39.4. The van der Waals surface area contributed by atoms with Gasteiger partial charge in [-0.1, -0.05) is 130 Å². The molecule has 1 atom stereocenters. The standard InChI is InChI=1S/C12H20N2O2.C12H20N2O.C11H19N3O.C11H23NO.C10H22N2O.C10H21NO.C9H19NO.C8H17NO/c1-7(2)9-6-14(5)10(11(9)15)12(16)13-8(3)4;1-8(2)10-6-11(14(5)7-10)12(15)13-9(3)4;1-7(2)9-6-14(5)10(13-9)11(15)12-8(3)4;1-9(2)7-5-6-8-11(13)12-10(3)4;1-7(2)5-6-9(11)10(13)12-8(3)4;1-8(2)6-5-7-10(12)11-9(3)4;1-7(2)5-6-9(11)10-8(3)4;1-6(2)5-8(10)9-7(3)4/h6-8,15H,1-5H3,(H,13,16);6-9H,1-5H3,(H,13,15);6-8H,1-5H3,(H,12,15);9-10H,5-8H2,1-4H3,(H,12,13);7-9H,5-6,11H2,1-4H3,(H,12,13);8-9H,5-7H2,1-4H3,(H,11,12);7-8H,5-6H2,1-4H3,(H,10,11);6-7H,5H2,1-4H3,(H,9,10). The molecule has 11 N–H and O–H groups in total. The van der Waals surface area contributed by atoms with E-state index in [1.807, 2.05) is 176 Å². The molecule has 1 unspecified atom stereocenters. The van der Waals surface area contributed by atoms with Crippen LogP contribution in [0.4, 0.5) is 0 Å². The minimum Gasteiger partial charge on any atom is -0.505 e. The van der Waals surface area contributed by atoms with E-state index in [1.165, 1.54) is 18.4 Å². The predicted octanol–water partition coefficient (Wildman–Crippen LogP) is 15.8. The number of nitrogens with zero attached hydrogens (tertiary/aromatic N) is 4. The molecule has 0 bridgehead atoms. The third-order valence-corrected chi connectivity index (χ3v) is 14.7. The second-order valence-corrected chi connectivity index (χ2v) is 33.2. The second-order valence-electron chi connectivity index (χ2n) is 33.2. The molecular weight excluding hydrogens is 1320 g/mol. The summed E-state index contributed by atoms with van der Waals surface area (Å²) in [4.78, 5) is 95.3. The molecule has 612 valence electrons. The Kier molecular flexibility index (Phi) is 60.4. The highest BCUT2D eigenvalue weighted by molar-refractivity contribution is 5.96. The van der Waals surface area contributed by atoms with Crippen LogP contribution in [-0.2, 0) is 45.1 Å². The SMILES string of the molecule is CC(C)CC(=O)NC(C)C.CC(C)CCC(=O)NC(C)C.CC(C)CCC(N)C(=O)NC(C)C.CC(C)CCCC(=O)NC(C)C.CC(C)CCCCC(=O)NC(C)C.CC(C)NC(=O)c1c(O)c(C(C)C)cn1C.CC(C)NC(=O)c1cc(C(C)C)cn1C.CC(C)NC(=O)c1nc(C(C)C)cn1C. The number of nitrogens with two attached hydrogens (primary N) is 1. The van der Waals surface area contributed by atoms with Crippen LogP contribution in [0.2, 0.25) is 0 Å². The van der Waals surface area contributed by atoms with Crippen molar-refractivity contribution in [1.82, 2.24) is 61.2 Å². The molecule has 0 spiro atoms. The average molecular weight is 1490 g/mol. The molecule has 0 aromatic carbocycles. The number of hydrogen-bond donors (Lipinski definition) is 10. The Morgan fingerprint density at radius 1 is 0.381 bits per heavy atom. The first kappa shape index (κ1) is 107. The normalized spacial score (nSPS) is 11.3. The zero-order valence-electron chi connectivity index (χ0n) is 73.2. The molecule has 8 amide bonds. The van der Waals surface area contributed by atoms with Crippen molar-refractivity contribution >= 4 is 47.3 Å². The Morgan fingerprint density at radius 3 is 1.13 bits per heavy atom. The molecule has 22 heteroatoms. The molecule has 3 aromatic heterocycles. The topological polar surface area (TPSA) is 307 Å². The van der Waals surface area contributed by atoms with Crippen LogP contribution in [-0.4, -0.2) is 125 Å². The van der Waals surface area contributed by atoms with Gasteiger partial charge in [0, 0.05) is 119 Å². The molecular formula is C83H161N13O9. The van der Waals surface area contributed by atoms with Crippen molar-refractivity contribution in [3.05, 3.63) is 58.7 Å². The van der Waals surface area contributed by atoms with Crippen molar-refractivity contribution in [2.24, 2.45) is 56.5 Å². The number of aryl methyl sites for hydroxylation is 3. The number of carbonyl (C=O) groups excluding carboxylic acids is 8. The van der Waals surface area contributed by atoms with Gasteiger partial charge in [-0.3, -0.25) is 38.4 Å². The highest BCUT2D eigenvalue weighted by Gasteiger charge is 2.23. The molecule has 0 radical (unpaired) electrons. The van der Waals surface area contributed by atoms with Crippen molar-refractivity contribution < 1.29 is 43.5 Å². The highest BCUT2D eigenvalue weighted by atomic mass is 16.3. The van der Waals surface area contributed by atoms with Gasteiger partial charge in [-0.05, 0) is 202 Å². The van der Waals surface area contributed by atoms with Crippen molar-refractivity contribution in [2.75, 3.05) is 0 Å². The number of nitrogens with one attached hydrogen (secondary N) is 8. The summed E-state index contributed by atoms with van der Waals surface area (Å²) in [6, 6.07) is 3.26.